The highest BCUT2D eigenvalue weighted by Gasteiger charge is 2.42. The van der Waals surface area contributed by atoms with Crippen LogP contribution in [0.3, 0.4) is 0 Å². The van der Waals surface area contributed by atoms with Crippen LogP contribution in [0.25, 0.3) is 5.65 Å². The normalized spacial score (nSPS) is 20.5. The number of imidazole rings is 1. The second-order valence-corrected chi connectivity index (χ2v) is 6.68. The maximum atomic E-state index is 14.2. The number of likely N-dealkylation sites (N-methyl/N-ethyl adjacent to an activating group) is 1. The molecule has 1 saturated carbocycles. The Morgan fingerprint density at radius 2 is 2.00 bits per heavy atom. The van der Waals surface area contributed by atoms with Crippen molar-refractivity contribution in [1.29, 1.82) is 0 Å². The van der Waals surface area contributed by atoms with Crippen LogP contribution in [0.15, 0.2) is 18.5 Å². The zero-order chi connectivity index (χ0) is 18.8. The summed E-state index contributed by atoms with van der Waals surface area (Å²) in [4.78, 5) is 30.3. The number of anilines is 1. The Labute approximate surface area is 146 Å². The minimum Gasteiger partial charge on any atom is -0.305 e. The molecule has 138 valence electrons. The van der Waals surface area contributed by atoms with Gasteiger partial charge in [-0.2, -0.15) is 0 Å². The van der Waals surface area contributed by atoms with Crippen molar-refractivity contribution in [2.24, 2.45) is 5.73 Å². The van der Waals surface area contributed by atoms with Gasteiger partial charge in [0.05, 0.1) is 5.69 Å². The fraction of sp³-hybridized carbons (Fsp3) is 0.438. The Hall–Kier alpha value is -2.62. The summed E-state index contributed by atoms with van der Waals surface area (Å²) in [7, 11) is 1.35. The summed E-state index contributed by atoms with van der Waals surface area (Å²) >= 11 is 0. The zero-order valence-electron chi connectivity index (χ0n) is 13.8. The number of carbonyl (C=O) groups is 2. The number of hydrogen-bond acceptors (Lipinski definition) is 4. The second kappa shape index (κ2) is 5.44. The minimum atomic E-state index is -3.46. The van der Waals surface area contributed by atoms with Crippen molar-refractivity contribution in [2.75, 3.05) is 18.5 Å². The van der Waals surface area contributed by atoms with Crippen LogP contribution in [0, 0.1) is 0 Å². The number of aromatic nitrogens is 2. The first-order chi connectivity index (χ1) is 12.2. The number of carbonyl (C=O) groups excluding carboxylic acids is 2. The average molecular weight is 367 g/mol. The van der Waals surface area contributed by atoms with Gasteiger partial charge in [0.2, 0.25) is 5.91 Å². The third-order valence-corrected chi connectivity index (χ3v) is 4.79. The first kappa shape index (κ1) is 16.8. The minimum absolute atomic E-state index is 0.0916. The number of alkyl halides is 3. The van der Waals surface area contributed by atoms with E-state index in [1.165, 1.54) is 16.3 Å². The van der Waals surface area contributed by atoms with Crippen LogP contribution in [-0.2, 0) is 10.6 Å². The summed E-state index contributed by atoms with van der Waals surface area (Å²) in [6, 6.07) is 1.15. The lowest BCUT2D eigenvalue weighted by molar-refractivity contribution is -0.123. The highest BCUT2D eigenvalue weighted by atomic mass is 19.3. The topological polar surface area (TPSA) is 83.9 Å². The van der Waals surface area contributed by atoms with Crippen molar-refractivity contribution in [3.63, 3.8) is 0 Å². The van der Waals surface area contributed by atoms with E-state index in [2.05, 4.69) is 4.98 Å². The van der Waals surface area contributed by atoms with Gasteiger partial charge in [-0.05, 0) is 30.4 Å². The standard InChI is InChI=1S/C16H16F3N5O2/c1-22-12(25)7-24(15(22)26)10-4-9(8-2-3-8)5-23-6-11(21-13(10)23)16(19,20)14(17)18/h4-6,8,14H,2-3,7,20H2,1H3. The van der Waals surface area contributed by atoms with Crippen LogP contribution in [0.2, 0.25) is 0 Å². The summed E-state index contributed by atoms with van der Waals surface area (Å²) in [5.41, 5.74) is 5.69. The largest absolute Gasteiger partial charge is 0.331 e. The van der Waals surface area contributed by atoms with Crippen molar-refractivity contribution in [3.8, 4) is 0 Å². The molecule has 3 amide bonds. The molecule has 2 aromatic rings. The van der Waals surface area contributed by atoms with E-state index in [0.29, 0.717) is 0 Å². The molecular weight excluding hydrogens is 351 g/mol. The third-order valence-electron chi connectivity index (χ3n) is 4.79. The smallest absolute Gasteiger partial charge is 0.305 e. The number of amides is 3. The molecule has 1 atom stereocenters. The van der Waals surface area contributed by atoms with E-state index in [0.717, 1.165) is 29.5 Å². The van der Waals surface area contributed by atoms with Crippen LogP contribution in [-0.4, -0.2) is 46.2 Å². The second-order valence-electron chi connectivity index (χ2n) is 6.68. The third kappa shape index (κ3) is 2.44. The van der Waals surface area contributed by atoms with E-state index in [-0.39, 0.29) is 23.8 Å². The number of pyridine rings is 1. The van der Waals surface area contributed by atoms with E-state index >= 15 is 0 Å². The maximum Gasteiger partial charge on any atom is 0.331 e. The van der Waals surface area contributed by atoms with Gasteiger partial charge in [0.1, 0.15) is 12.2 Å². The highest BCUT2D eigenvalue weighted by molar-refractivity contribution is 6.13. The molecule has 0 spiro atoms. The monoisotopic (exact) mass is 367 g/mol. The molecule has 4 rings (SSSR count). The van der Waals surface area contributed by atoms with Gasteiger partial charge in [-0.25, -0.2) is 22.9 Å². The van der Waals surface area contributed by atoms with Crippen molar-refractivity contribution in [1.82, 2.24) is 14.3 Å². The van der Waals surface area contributed by atoms with E-state index in [9.17, 15) is 22.8 Å². The molecule has 7 nitrogen and oxygen atoms in total. The zero-order valence-corrected chi connectivity index (χ0v) is 13.8. The number of fused-ring (bicyclic) bond motifs is 1. The van der Waals surface area contributed by atoms with Crippen LogP contribution >= 0.6 is 0 Å². The molecule has 2 aliphatic rings. The van der Waals surface area contributed by atoms with Crippen LogP contribution < -0.4 is 10.6 Å². The molecule has 0 bridgehead atoms. The number of urea groups is 1. The number of nitrogens with two attached hydrogens (primary N) is 1. The van der Waals surface area contributed by atoms with Gasteiger partial charge in [0, 0.05) is 19.4 Å². The molecule has 1 unspecified atom stereocenters. The number of rotatable bonds is 4. The Kier molecular flexibility index (Phi) is 3.52. The molecular formula is C16H16F3N5O2. The molecule has 2 N–H and O–H groups in total. The summed E-state index contributed by atoms with van der Waals surface area (Å²) in [5.74, 6) is -3.54. The Balaban J connectivity index is 1.89. The lowest BCUT2D eigenvalue weighted by Gasteiger charge is -2.17. The van der Waals surface area contributed by atoms with Crippen molar-refractivity contribution in [2.45, 2.75) is 31.0 Å². The van der Waals surface area contributed by atoms with Gasteiger partial charge in [0.15, 0.2) is 5.65 Å². The molecule has 1 aliphatic carbocycles. The Morgan fingerprint density at radius 3 is 2.54 bits per heavy atom. The summed E-state index contributed by atoms with van der Waals surface area (Å²) in [6.45, 7) is -0.195. The predicted molar refractivity (Wildman–Crippen MR) is 85.7 cm³/mol. The highest BCUT2D eigenvalue weighted by Crippen LogP contribution is 2.42. The van der Waals surface area contributed by atoms with Gasteiger partial charge in [0.25, 0.3) is 12.2 Å². The summed E-state index contributed by atoms with van der Waals surface area (Å²) in [5, 5.41) is 0. The van der Waals surface area contributed by atoms with E-state index < -0.39 is 29.9 Å². The molecule has 0 aromatic carbocycles. The molecule has 2 fully saturated rings. The summed E-state index contributed by atoms with van der Waals surface area (Å²) < 4.78 is 41.5. The number of hydrogen-bond donors (Lipinski definition) is 1. The van der Waals surface area contributed by atoms with E-state index in [1.807, 2.05) is 0 Å². The summed E-state index contributed by atoms with van der Waals surface area (Å²) in [6.07, 6.45) is 1.23. The molecule has 3 heterocycles. The van der Waals surface area contributed by atoms with Crippen LogP contribution in [0.1, 0.15) is 30.0 Å². The van der Waals surface area contributed by atoms with Crippen LogP contribution in [0.4, 0.5) is 23.7 Å². The van der Waals surface area contributed by atoms with E-state index in [4.69, 9.17) is 5.73 Å². The van der Waals surface area contributed by atoms with Gasteiger partial charge in [-0.1, -0.05) is 0 Å². The predicted octanol–water partition coefficient (Wildman–Crippen LogP) is 1.96. The van der Waals surface area contributed by atoms with Crippen molar-refractivity contribution < 1.29 is 22.8 Å². The molecule has 0 radical (unpaired) electrons. The first-order valence-corrected chi connectivity index (χ1v) is 8.07. The lowest BCUT2D eigenvalue weighted by atomic mass is 10.1. The maximum absolute atomic E-state index is 14.2. The fourth-order valence-electron chi connectivity index (χ4n) is 3.02. The van der Waals surface area contributed by atoms with Crippen molar-refractivity contribution in [3.05, 3.63) is 29.7 Å². The molecule has 2 aromatic heterocycles. The van der Waals surface area contributed by atoms with Gasteiger partial charge in [-0.15, -0.1) is 0 Å². The quantitative estimate of drug-likeness (QED) is 0.661. The molecule has 10 heteroatoms. The number of nitrogens with zero attached hydrogens (tertiary/aromatic N) is 4. The number of halogens is 3. The van der Waals surface area contributed by atoms with E-state index in [1.54, 1.807) is 12.3 Å². The molecule has 26 heavy (non-hydrogen) atoms. The molecule has 1 aliphatic heterocycles. The fourth-order valence-corrected chi connectivity index (χ4v) is 3.02. The number of imide groups is 1. The van der Waals surface area contributed by atoms with Gasteiger partial charge < -0.3 is 4.40 Å². The average Bonchev–Trinajstić information content (AvgIpc) is 3.29. The van der Waals surface area contributed by atoms with Crippen molar-refractivity contribution >= 4 is 23.3 Å². The van der Waals surface area contributed by atoms with Gasteiger partial charge >= 0.3 is 6.03 Å². The van der Waals surface area contributed by atoms with Crippen LogP contribution in [0.5, 0.6) is 0 Å². The lowest BCUT2D eigenvalue weighted by Crippen LogP contribution is -2.39. The van der Waals surface area contributed by atoms with Gasteiger partial charge in [-0.3, -0.25) is 20.3 Å². The molecule has 1 saturated heterocycles. The Bertz CT molecular complexity index is 922. The first-order valence-electron chi connectivity index (χ1n) is 8.07. The SMILES string of the molecule is CN1C(=O)CN(c2cc(C3CC3)cn3cc(C(N)(F)C(F)F)nc23)C1=O. The Morgan fingerprint density at radius 1 is 1.31 bits per heavy atom.